The molecule has 2 aromatic carbocycles. The minimum absolute atomic E-state index is 0.138. The van der Waals surface area contributed by atoms with Crippen LogP contribution in [0.5, 0.6) is 5.75 Å². The summed E-state index contributed by atoms with van der Waals surface area (Å²) >= 11 is 0. The Bertz CT molecular complexity index is 1410. The number of nitrogens with one attached hydrogen (secondary N) is 1. The maximum absolute atomic E-state index is 13.1. The molecule has 0 aliphatic carbocycles. The molecule has 8 nitrogen and oxygen atoms in total. The molecule has 0 unspecified atom stereocenters. The molecule has 0 atom stereocenters. The summed E-state index contributed by atoms with van der Waals surface area (Å²) in [6.45, 7) is 7.79. The van der Waals surface area contributed by atoms with Crippen molar-refractivity contribution in [3.8, 4) is 11.6 Å². The monoisotopic (exact) mass is 458 g/mol. The molecule has 0 fully saturated rings. The number of esters is 1. The molecule has 4 aromatic rings. The lowest BCUT2D eigenvalue weighted by Gasteiger charge is -2.13. The quantitative estimate of drug-likeness (QED) is 0.418. The Kier molecular flexibility index (Phi) is 6.32. The van der Waals surface area contributed by atoms with E-state index in [1.165, 1.54) is 10.9 Å². The van der Waals surface area contributed by atoms with E-state index in [1.807, 2.05) is 51.1 Å². The summed E-state index contributed by atoms with van der Waals surface area (Å²) < 4.78 is 12.1. The van der Waals surface area contributed by atoms with Gasteiger partial charge < -0.3 is 14.8 Å². The zero-order chi connectivity index (χ0) is 24.4. The van der Waals surface area contributed by atoms with Gasteiger partial charge in [-0.2, -0.15) is 9.78 Å². The Morgan fingerprint density at radius 2 is 1.82 bits per heavy atom. The number of ether oxygens (including phenoxy) is 2. The van der Waals surface area contributed by atoms with Crippen molar-refractivity contribution >= 4 is 28.6 Å². The molecule has 0 aliphatic rings. The fraction of sp³-hybridized carbons (Fsp3) is 0.231. The van der Waals surface area contributed by atoms with E-state index in [-0.39, 0.29) is 23.9 Å². The molecule has 4 rings (SSSR count). The molecule has 2 heterocycles. The maximum atomic E-state index is 13.1. The summed E-state index contributed by atoms with van der Waals surface area (Å²) in [4.78, 5) is 30.5. The molecule has 174 valence electrons. The minimum atomic E-state index is -0.584. The van der Waals surface area contributed by atoms with Crippen molar-refractivity contribution in [2.45, 2.75) is 27.7 Å². The SMILES string of the molecule is CCOC(=O)c1cnn(-c2cc(C)c3cccc(OC)c3n2)c1NC(=O)c1ccc(C)c(C)c1. The van der Waals surface area contributed by atoms with Gasteiger partial charge in [0.15, 0.2) is 11.6 Å². The van der Waals surface area contributed by atoms with Crippen LogP contribution in [-0.4, -0.2) is 40.4 Å². The predicted molar refractivity (Wildman–Crippen MR) is 130 cm³/mol. The lowest BCUT2D eigenvalue weighted by atomic mass is 10.1. The number of aromatic nitrogens is 3. The van der Waals surface area contributed by atoms with Crippen molar-refractivity contribution in [1.29, 1.82) is 0 Å². The lowest BCUT2D eigenvalue weighted by molar-refractivity contribution is 0.0527. The van der Waals surface area contributed by atoms with E-state index in [9.17, 15) is 9.59 Å². The zero-order valence-electron chi connectivity index (χ0n) is 19.8. The number of amides is 1. The smallest absolute Gasteiger partial charge is 0.343 e. The number of aryl methyl sites for hydroxylation is 3. The number of anilines is 1. The summed E-state index contributed by atoms with van der Waals surface area (Å²) in [6, 6.07) is 13.0. The molecule has 1 amide bonds. The molecule has 2 aromatic heterocycles. The predicted octanol–water partition coefficient (Wildman–Crippen LogP) is 4.78. The summed E-state index contributed by atoms with van der Waals surface area (Å²) in [5.41, 5.74) is 4.27. The molecule has 0 bridgehead atoms. The van der Waals surface area contributed by atoms with Gasteiger partial charge in [0.25, 0.3) is 5.91 Å². The second-order valence-corrected chi connectivity index (χ2v) is 7.95. The number of benzene rings is 2. The molecule has 8 heteroatoms. The van der Waals surface area contributed by atoms with Crippen LogP contribution in [0, 0.1) is 20.8 Å². The number of para-hydroxylation sites is 1. The number of pyridine rings is 1. The van der Waals surface area contributed by atoms with Crippen LogP contribution in [0.15, 0.2) is 48.7 Å². The Hall–Kier alpha value is -4.20. The third-order valence-corrected chi connectivity index (χ3v) is 5.70. The Labute approximate surface area is 197 Å². The number of carbonyl (C=O) groups is 2. The van der Waals surface area contributed by atoms with E-state index in [4.69, 9.17) is 14.5 Å². The summed E-state index contributed by atoms with van der Waals surface area (Å²) in [5.74, 6) is 0.272. The third kappa shape index (κ3) is 4.22. The highest BCUT2D eigenvalue weighted by Crippen LogP contribution is 2.29. The first-order valence-electron chi connectivity index (χ1n) is 10.9. The number of fused-ring (bicyclic) bond motifs is 1. The summed E-state index contributed by atoms with van der Waals surface area (Å²) in [6.07, 6.45) is 1.37. The lowest BCUT2D eigenvalue weighted by Crippen LogP contribution is -2.18. The van der Waals surface area contributed by atoms with Crippen LogP contribution in [-0.2, 0) is 4.74 Å². The van der Waals surface area contributed by atoms with Crippen LogP contribution >= 0.6 is 0 Å². The van der Waals surface area contributed by atoms with Gasteiger partial charge in [0.2, 0.25) is 0 Å². The average Bonchev–Trinajstić information content (AvgIpc) is 3.24. The Morgan fingerprint density at radius 1 is 1.03 bits per heavy atom. The van der Waals surface area contributed by atoms with Gasteiger partial charge in [-0.25, -0.2) is 9.78 Å². The van der Waals surface area contributed by atoms with Gasteiger partial charge in [0.05, 0.1) is 19.9 Å². The van der Waals surface area contributed by atoms with Crippen molar-refractivity contribution < 1.29 is 19.1 Å². The normalized spacial score (nSPS) is 10.9. The first-order chi connectivity index (χ1) is 16.3. The van der Waals surface area contributed by atoms with Crippen molar-refractivity contribution in [1.82, 2.24) is 14.8 Å². The van der Waals surface area contributed by atoms with Crippen molar-refractivity contribution in [2.24, 2.45) is 0 Å². The molecule has 0 radical (unpaired) electrons. The highest BCUT2D eigenvalue weighted by Gasteiger charge is 2.23. The Morgan fingerprint density at radius 3 is 2.53 bits per heavy atom. The van der Waals surface area contributed by atoms with E-state index in [0.717, 1.165) is 22.1 Å². The average molecular weight is 459 g/mol. The van der Waals surface area contributed by atoms with Crippen LogP contribution in [0.25, 0.3) is 16.7 Å². The van der Waals surface area contributed by atoms with Gasteiger partial charge >= 0.3 is 5.97 Å². The fourth-order valence-electron chi connectivity index (χ4n) is 3.71. The summed E-state index contributed by atoms with van der Waals surface area (Å²) in [7, 11) is 1.58. The van der Waals surface area contributed by atoms with Gasteiger partial charge in [-0.1, -0.05) is 18.2 Å². The van der Waals surface area contributed by atoms with E-state index in [2.05, 4.69) is 10.4 Å². The van der Waals surface area contributed by atoms with Crippen LogP contribution in [0.1, 0.15) is 44.3 Å². The summed E-state index contributed by atoms with van der Waals surface area (Å²) in [5, 5.41) is 8.15. The molecule has 0 aliphatic heterocycles. The highest BCUT2D eigenvalue weighted by molar-refractivity contribution is 6.07. The van der Waals surface area contributed by atoms with Crippen molar-refractivity contribution in [2.75, 3.05) is 19.0 Å². The molecule has 1 N–H and O–H groups in total. The molecule has 34 heavy (non-hydrogen) atoms. The number of methoxy groups -OCH3 is 1. The van der Waals surface area contributed by atoms with E-state index in [0.29, 0.717) is 22.6 Å². The number of hydrogen-bond donors (Lipinski definition) is 1. The molecular formula is C26H26N4O4. The topological polar surface area (TPSA) is 95.3 Å². The molecule has 0 spiro atoms. The van der Waals surface area contributed by atoms with Crippen LogP contribution in [0.2, 0.25) is 0 Å². The minimum Gasteiger partial charge on any atom is -0.494 e. The number of nitrogens with zero attached hydrogens (tertiary/aromatic N) is 3. The van der Waals surface area contributed by atoms with Crippen LogP contribution in [0.3, 0.4) is 0 Å². The second kappa shape index (κ2) is 9.35. The Balaban J connectivity index is 1.84. The third-order valence-electron chi connectivity index (χ3n) is 5.70. The van der Waals surface area contributed by atoms with Gasteiger partial charge in [0, 0.05) is 10.9 Å². The van der Waals surface area contributed by atoms with Crippen LogP contribution in [0.4, 0.5) is 5.82 Å². The molecular weight excluding hydrogens is 432 g/mol. The number of hydrogen-bond acceptors (Lipinski definition) is 6. The largest absolute Gasteiger partial charge is 0.494 e. The van der Waals surface area contributed by atoms with Crippen molar-refractivity contribution in [3.63, 3.8) is 0 Å². The van der Waals surface area contributed by atoms with Gasteiger partial charge in [-0.15, -0.1) is 0 Å². The number of rotatable bonds is 6. The first-order valence-corrected chi connectivity index (χ1v) is 10.9. The first kappa shape index (κ1) is 23.0. The van der Waals surface area contributed by atoms with Crippen molar-refractivity contribution in [3.05, 3.63) is 76.5 Å². The highest BCUT2D eigenvalue weighted by atomic mass is 16.5. The molecule has 0 saturated carbocycles. The van der Waals surface area contributed by atoms with Crippen LogP contribution < -0.4 is 10.1 Å². The maximum Gasteiger partial charge on any atom is 0.343 e. The van der Waals surface area contributed by atoms with E-state index < -0.39 is 5.97 Å². The fourth-order valence-corrected chi connectivity index (χ4v) is 3.71. The number of carbonyl (C=O) groups excluding carboxylic acids is 2. The van der Waals surface area contributed by atoms with Gasteiger partial charge in [0.1, 0.15) is 16.8 Å². The van der Waals surface area contributed by atoms with E-state index in [1.54, 1.807) is 26.2 Å². The van der Waals surface area contributed by atoms with Gasteiger partial charge in [-0.3, -0.25) is 4.79 Å². The zero-order valence-corrected chi connectivity index (χ0v) is 19.8. The van der Waals surface area contributed by atoms with Gasteiger partial charge in [-0.05, 0) is 68.7 Å². The second-order valence-electron chi connectivity index (χ2n) is 7.95. The molecule has 0 saturated heterocycles. The van der Waals surface area contributed by atoms with E-state index >= 15 is 0 Å². The standard InChI is InChI=1S/C26H26N4O4/c1-6-34-26(32)20-14-27-30(24(20)29-25(31)18-11-10-15(2)16(3)12-18)22-13-17(4)19-8-7-9-21(33-5)23(19)28-22/h7-14H,6H2,1-5H3,(H,29,31).